The van der Waals surface area contributed by atoms with Crippen LogP contribution in [0.3, 0.4) is 0 Å². The van der Waals surface area contributed by atoms with E-state index in [0.29, 0.717) is 0 Å². The minimum Gasteiger partial charge on any atom is -0.452 e. The smallest absolute Gasteiger partial charge is 0.421 e. The summed E-state index contributed by atoms with van der Waals surface area (Å²) in [5, 5.41) is 0. The minimum atomic E-state index is -4.02. The zero-order valence-corrected chi connectivity index (χ0v) is 9.27. The van der Waals surface area contributed by atoms with Crippen molar-refractivity contribution in [2.75, 3.05) is 7.11 Å². The van der Waals surface area contributed by atoms with Crippen LogP contribution >= 0.6 is 0 Å². The average Bonchev–Trinajstić information content (AvgIpc) is 1.99. The highest BCUT2D eigenvalue weighted by molar-refractivity contribution is 7.87. The molecule has 1 amide bonds. The molecule has 0 bridgehead atoms. The molecule has 0 aliphatic heterocycles. The molecule has 7 nitrogen and oxygen atoms in total. The summed E-state index contributed by atoms with van der Waals surface area (Å²) < 4.78 is 27.6. The SMILES string of the molecule is COC(=O)NS(=O)(=O)NOC(C)(C)C. The van der Waals surface area contributed by atoms with E-state index in [0.717, 1.165) is 7.11 Å². The van der Waals surface area contributed by atoms with E-state index in [1.54, 1.807) is 30.4 Å². The summed E-state index contributed by atoms with van der Waals surface area (Å²) in [4.78, 5) is 17.0. The van der Waals surface area contributed by atoms with Crippen LogP contribution in [-0.2, 0) is 19.8 Å². The molecule has 0 radical (unpaired) electrons. The van der Waals surface area contributed by atoms with E-state index in [-0.39, 0.29) is 0 Å². The van der Waals surface area contributed by atoms with Gasteiger partial charge in [-0.2, -0.15) is 8.42 Å². The Kier molecular flexibility index (Phi) is 4.30. The van der Waals surface area contributed by atoms with Crippen LogP contribution in [0.5, 0.6) is 0 Å². The van der Waals surface area contributed by atoms with Crippen LogP contribution in [-0.4, -0.2) is 27.2 Å². The van der Waals surface area contributed by atoms with E-state index in [2.05, 4.69) is 4.74 Å². The van der Waals surface area contributed by atoms with Gasteiger partial charge in [0.1, 0.15) is 0 Å². The Morgan fingerprint density at radius 2 is 1.79 bits per heavy atom. The molecule has 0 aromatic heterocycles. The van der Waals surface area contributed by atoms with Crippen molar-refractivity contribution in [2.45, 2.75) is 26.4 Å². The second kappa shape index (κ2) is 4.58. The van der Waals surface area contributed by atoms with Crippen molar-refractivity contribution in [3.05, 3.63) is 0 Å². The summed E-state index contributed by atoms with van der Waals surface area (Å²) in [6.07, 6.45) is -1.09. The molecule has 0 unspecified atom stereocenters. The first kappa shape index (κ1) is 13.1. The van der Waals surface area contributed by atoms with E-state index in [9.17, 15) is 13.2 Å². The number of hydrogen-bond acceptors (Lipinski definition) is 5. The Balaban J connectivity index is 4.17. The number of carbonyl (C=O) groups excluding carboxylic acids is 1. The van der Waals surface area contributed by atoms with Crippen LogP contribution in [0.2, 0.25) is 0 Å². The monoisotopic (exact) mass is 226 g/mol. The minimum absolute atomic E-state index is 0.690. The summed E-state index contributed by atoms with van der Waals surface area (Å²) in [6, 6.07) is 0. The number of hydrogen-bond donors (Lipinski definition) is 2. The van der Waals surface area contributed by atoms with Crippen molar-refractivity contribution >= 4 is 16.3 Å². The Bertz CT molecular complexity index is 292. The van der Waals surface area contributed by atoms with Gasteiger partial charge in [0.05, 0.1) is 12.7 Å². The van der Waals surface area contributed by atoms with Crippen LogP contribution in [0, 0.1) is 0 Å². The lowest BCUT2D eigenvalue weighted by Gasteiger charge is -2.18. The van der Waals surface area contributed by atoms with Crippen molar-refractivity contribution in [2.24, 2.45) is 0 Å². The van der Waals surface area contributed by atoms with Gasteiger partial charge in [-0.1, -0.05) is 4.89 Å². The third-order valence-electron chi connectivity index (χ3n) is 0.861. The normalized spacial score (nSPS) is 12.3. The highest BCUT2D eigenvalue weighted by Crippen LogP contribution is 2.03. The van der Waals surface area contributed by atoms with Gasteiger partial charge in [0.15, 0.2) is 0 Å². The van der Waals surface area contributed by atoms with Gasteiger partial charge in [0.25, 0.3) is 0 Å². The highest BCUT2D eigenvalue weighted by atomic mass is 32.2. The molecule has 0 saturated heterocycles. The van der Waals surface area contributed by atoms with Crippen molar-refractivity contribution in [3.8, 4) is 0 Å². The summed E-state index contributed by atoms with van der Waals surface area (Å²) in [5.41, 5.74) is -0.690. The van der Waals surface area contributed by atoms with Gasteiger partial charge in [-0.25, -0.2) is 9.52 Å². The zero-order chi connectivity index (χ0) is 11.4. The van der Waals surface area contributed by atoms with E-state index < -0.39 is 21.9 Å². The number of methoxy groups -OCH3 is 1. The summed E-state index contributed by atoms with van der Waals surface area (Å²) in [5.74, 6) is 0. The molecule has 0 saturated carbocycles. The van der Waals surface area contributed by atoms with Gasteiger partial charge in [-0.05, 0) is 20.8 Å². The van der Waals surface area contributed by atoms with Crippen molar-refractivity contribution in [1.29, 1.82) is 0 Å². The molecule has 2 N–H and O–H groups in total. The molecule has 8 heteroatoms. The third kappa shape index (κ3) is 6.63. The number of carbonyl (C=O) groups is 1. The van der Waals surface area contributed by atoms with Crippen LogP contribution in [0.1, 0.15) is 20.8 Å². The van der Waals surface area contributed by atoms with E-state index >= 15 is 0 Å². The van der Waals surface area contributed by atoms with Gasteiger partial charge in [-0.15, -0.1) is 0 Å². The van der Waals surface area contributed by atoms with Crippen LogP contribution in [0.15, 0.2) is 0 Å². The Morgan fingerprint density at radius 1 is 1.29 bits per heavy atom. The number of nitrogens with one attached hydrogen (secondary N) is 2. The molecule has 84 valence electrons. The van der Waals surface area contributed by atoms with Gasteiger partial charge in [0.2, 0.25) is 0 Å². The second-order valence-corrected chi connectivity index (χ2v) is 4.77. The maximum absolute atomic E-state index is 11.0. The van der Waals surface area contributed by atoms with Crippen molar-refractivity contribution in [3.63, 3.8) is 0 Å². The Morgan fingerprint density at radius 3 is 2.14 bits per heavy atom. The molecule has 0 aliphatic carbocycles. The lowest BCUT2D eigenvalue weighted by Crippen LogP contribution is -2.43. The second-order valence-electron chi connectivity index (χ2n) is 3.39. The van der Waals surface area contributed by atoms with E-state index in [1.807, 2.05) is 0 Å². The molecule has 14 heavy (non-hydrogen) atoms. The molecule has 0 aromatic rings. The molecule has 0 rings (SSSR count). The molecule has 0 spiro atoms. The maximum atomic E-state index is 11.0. The average molecular weight is 226 g/mol. The fourth-order valence-corrected chi connectivity index (χ4v) is 1.06. The van der Waals surface area contributed by atoms with Gasteiger partial charge >= 0.3 is 16.3 Å². The van der Waals surface area contributed by atoms with Gasteiger partial charge in [-0.3, -0.25) is 4.84 Å². The first-order chi connectivity index (χ1) is 6.16. The van der Waals surface area contributed by atoms with E-state index in [4.69, 9.17) is 4.84 Å². The fourth-order valence-electron chi connectivity index (χ4n) is 0.352. The van der Waals surface area contributed by atoms with Gasteiger partial charge < -0.3 is 4.74 Å². The predicted molar refractivity (Wildman–Crippen MR) is 48.4 cm³/mol. The summed E-state index contributed by atoms with van der Waals surface area (Å²) >= 11 is 0. The van der Waals surface area contributed by atoms with Crippen molar-refractivity contribution < 1.29 is 22.8 Å². The first-order valence-corrected chi connectivity index (χ1v) is 5.20. The zero-order valence-electron chi connectivity index (χ0n) is 8.45. The Hall–Kier alpha value is -0.860. The number of ether oxygens (including phenoxy) is 1. The molecule has 0 fully saturated rings. The molecular weight excluding hydrogens is 212 g/mol. The molecule has 0 atom stereocenters. The first-order valence-electron chi connectivity index (χ1n) is 3.72. The van der Waals surface area contributed by atoms with Gasteiger partial charge in [0, 0.05) is 0 Å². The quantitative estimate of drug-likeness (QED) is 0.656. The number of rotatable bonds is 3. The van der Waals surface area contributed by atoms with Crippen molar-refractivity contribution in [1.82, 2.24) is 9.61 Å². The molecule has 0 aliphatic rings. The third-order valence-corrected chi connectivity index (χ3v) is 1.60. The summed E-state index contributed by atoms with van der Waals surface area (Å²) in [6.45, 7) is 4.94. The highest BCUT2D eigenvalue weighted by Gasteiger charge is 2.19. The topological polar surface area (TPSA) is 93.7 Å². The molecular formula is C6H14N2O5S. The van der Waals surface area contributed by atoms with Crippen LogP contribution in [0.4, 0.5) is 4.79 Å². The standard InChI is InChI=1S/C6H14N2O5S/c1-6(2,3)13-8-14(10,11)7-5(9)12-4/h8H,1-4H3,(H,7,9). The number of amides is 1. The summed E-state index contributed by atoms with van der Waals surface area (Å²) in [7, 11) is -2.97. The lowest BCUT2D eigenvalue weighted by atomic mass is 10.2. The Labute approximate surface area is 82.9 Å². The lowest BCUT2D eigenvalue weighted by molar-refractivity contribution is -0.0362. The van der Waals surface area contributed by atoms with E-state index in [1.165, 1.54) is 0 Å². The van der Waals surface area contributed by atoms with Crippen LogP contribution < -0.4 is 9.61 Å². The largest absolute Gasteiger partial charge is 0.452 e. The predicted octanol–water partition coefficient (Wildman–Crippen LogP) is -0.0931. The molecule has 0 heterocycles. The maximum Gasteiger partial charge on any atom is 0.421 e. The fraction of sp³-hybridized carbons (Fsp3) is 0.833. The van der Waals surface area contributed by atoms with Crippen LogP contribution in [0.25, 0.3) is 0 Å². The molecule has 0 aromatic carbocycles.